The normalized spacial score (nSPS) is 10.4. The Bertz CT molecular complexity index is 1480. The zero-order valence-corrected chi connectivity index (χ0v) is 19.7. The van der Waals surface area contributed by atoms with Crippen molar-refractivity contribution < 1.29 is 29.4 Å². The summed E-state index contributed by atoms with van der Waals surface area (Å²) in [6, 6.07) is 20.7. The van der Waals surface area contributed by atoms with Crippen molar-refractivity contribution in [3.63, 3.8) is 0 Å². The van der Waals surface area contributed by atoms with E-state index in [-0.39, 0.29) is 45.0 Å². The number of hydrogen-bond acceptors (Lipinski definition) is 8. The number of rotatable bonds is 7. The highest BCUT2D eigenvalue weighted by Gasteiger charge is 2.16. The van der Waals surface area contributed by atoms with E-state index in [1.165, 1.54) is 60.7 Å². The first-order valence-corrected chi connectivity index (χ1v) is 11.2. The van der Waals surface area contributed by atoms with Gasteiger partial charge < -0.3 is 41.9 Å². The molecule has 190 valence electrons. The van der Waals surface area contributed by atoms with Gasteiger partial charge in [-0.05, 0) is 59.7 Å². The highest BCUT2D eigenvalue weighted by molar-refractivity contribution is 6.11. The summed E-state index contributed by atoms with van der Waals surface area (Å²) in [5.74, 6) is -4.35. The summed E-state index contributed by atoms with van der Waals surface area (Å²) in [5, 5.41) is 28.7. The summed E-state index contributed by atoms with van der Waals surface area (Å²) < 4.78 is 0. The lowest BCUT2D eigenvalue weighted by Crippen LogP contribution is -2.25. The summed E-state index contributed by atoms with van der Waals surface area (Å²) in [5.41, 5.74) is 12.3. The van der Waals surface area contributed by atoms with E-state index in [1.807, 2.05) is 0 Å². The minimum atomic E-state index is -1.56. The Labute approximate surface area is 216 Å². The lowest BCUT2D eigenvalue weighted by Gasteiger charge is -2.17. The van der Waals surface area contributed by atoms with Crippen molar-refractivity contribution in [1.29, 1.82) is 0 Å². The maximum absolute atomic E-state index is 12.6. The van der Waals surface area contributed by atoms with Gasteiger partial charge in [-0.15, -0.1) is 0 Å². The second-order valence-electron chi connectivity index (χ2n) is 8.18. The van der Waals surface area contributed by atoms with Crippen LogP contribution < -0.4 is 32.3 Å². The van der Waals surface area contributed by atoms with E-state index >= 15 is 0 Å². The molecule has 0 bridgehead atoms. The molecule has 0 aliphatic heterocycles. The molecule has 0 unspecified atom stereocenters. The van der Waals surface area contributed by atoms with Crippen LogP contribution in [-0.4, -0.2) is 23.8 Å². The molecule has 0 aliphatic carbocycles. The first-order valence-electron chi connectivity index (χ1n) is 11.2. The monoisotopic (exact) mass is 508 g/mol. The summed E-state index contributed by atoms with van der Waals surface area (Å²) in [6.45, 7) is 0. The minimum Gasteiger partial charge on any atom is -0.545 e. The highest BCUT2D eigenvalue weighted by Crippen LogP contribution is 2.29. The van der Waals surface area contributed by atoms with Gasteiger partial charge in [-0.25, -0.2) is 0 Å². The first kappa shape index (κ1) is 25.5. The third-order valence-electron chi connectivity index (χ3n) is 5.72. The predicted molar refractivity (Wildman–Crippen MR) is 138 cm³/mol. The van der Waals surface area contributed by atoms with Crippen molar-refractivity contribution in [3.05, 3.63) is 107 Å². The van der Waals surface area contributed by atoms with Crippen LogP contribution in [0.4, 0.5) is 22.7 Å². The SMILES string of the molecule is Nc1ccccc1C(=O)Nc1ccc(-c2ccc(NC(=O)c3ccccc3N)c(C(=O)[O-])c2)cc1C(=O)[O-]. The number of nitrogen functional groups attached to an aromatic ring is 2. The molecule has 4 aromatic rings. The Morgan fingerprint density at radius 1 is 0.526 bits per heavy atom. The molecule has 0 aliphatic rings. The van der Waals surface area contributed by atoms with E-state index < -0.39 is 23.8 Å². The number of benzene rings is 4. The maximum Gasteiger partial charge on any atom is 0.257 e. The van der Waals surface area contributed by atoms with E-state index in [1.54, 1.807) is 24.3 Å². The van der Waals surface area contributed by atoms with Crippen LogP contribution in [0.25, 0.3) is 11.1 Å². The number of carboxylic acid groups (broad SMARTS) is 2. The molecule has 0 saturated carbocycles. The predicted octanol–water partition coefficient (Wildman–Crippen LogP) is 1.75. The smallest absolute Gasteiger partial charge is 0.257 e. The van der Waals surface area contributed by atoms with Gasteiger partial charge in [0.05, 0.1) is 34.4 Å². The van der Waals surface area contributed by atoms with Gasteiger partial charge in [0.2, 0.25) is 0 Å². The minimum absolute atomic E-state index is 0.0357. The van der Waals surface area contributed by atoms with Crippen LogP contribution in [0.5, 0.6) is 0 Å². The van der Waals surface area contributed by atoms with Crippen molar-refractivity contribution in [2.24, 2.45) is 0 Å². The number of para-hydroxylation sites is 2. The number of amides is 2. The van der Waals surface area contributed by atoms with Gasteiger partial charge in [0, 0.05) is 22.5 Å². The molecule has 6 N–H and O–H groups in total. The lowest BCUT2D eigenvalue weighted by molar-refractivity contribution is -0.256. The Hall–Kier alpha value is -5.64. The van der Waals surface area contributed by atoms with Crippen LogP contribution in [0.3, 0.4) is 0 Å². The van der Waals surface area contributed by atoms with Crippen molar-refractivity contribution in [1.82, 2.24) is 0 Å². The van der Waals surface area contributed by atoms with E-state index in [0.29, 0.717) is 11.1 Å². The van der Waals surface area contributed by atoms with Crippen LogP contribution >= 0.6 is 0 Å². The molecule has 10 heteroatoms. The molecule has 0 heterocycles. The second-order valence-corrected chi connectivity index (χ2v) is 8.18. The van der Waals surface area contributed by atoms with Crippen molar-refractivity contribution in [2.75, 3.05) is 22.1 Å². The van der Waals surface area contributed by atoms with Crippen molar-refractivity contribution in [2.45, 2.75) is 0 Å². The van der Waals surface area contributed by atoms with Gasteiger partial charge >= 0.3 is 0 Å². The molecule has 10 nitrogen and oxygen atoms in total. The largest absolute Gasteiger partial charge is 0.545 e. The van der Waals surface area contributed by atoms with Gasteiger partial charge in [-0.2, -0.15) is 0 Å². The van der Waals surface area contributed by atoms with E-state index in [4.69, 9.17) is 11.5 Å². The molecule has 4 aromatic carbocycles. The van der Waals surface area contributed by atoms with Gasteiger partial charge in [0.25, 0.3) is 11.8 Å². The van der Waals surface area contributed by atoms with E-state index in [0.717, 1.165) is 0 Å². The number of nitrogens with two attached hydrogens (primary N) is 2. The number of nitrogens with one attached hydrogen (secondary N) is 2. The van der Waals surface area contributed by atoms with Gasteiger partial charge in [0.15, 0.2) is 0 Å². The molecule has 0 radical (unpaired) electrons. The Balaban J connectivity index is 1.65. The van der Waals surface area contributed by atoms with E-state index in [2.05, 4.69) is 10.6 Å². The van der Waals surface area contributed by atoms with Crippen LogP contribution in [0.1, 0.15) is 41.4 Å². The number of hydrogen-bond donors (Lipinski definition) is 4. The highest BCUT2D eigenvalue weighted by atomic mass is 16.4. The van der Waals surface area contributed by atoms with Crippen molar-refractivity contribution in [3.8, 4) is 11.1 Å². The summed E-state index contributed by atoms with van der Waals surface area (Å²) in [7, 11) is 0. The molecule has 0 fully saturated rings. The number of carbonyl (C=O) groups excluding carboxylic acids is 4. The van der Waals surface area contributed by atoms with Gasteiger partial charge in [-0.1, -0.05) is 36.4 Å². The molecular weight excluding hydrogens is 488 g/mol. The number of carboxylic acids is 2. The zero-order valence-electron chi connectivity index (χ0n) is 19.7. The average Bonchev–Trinajstić information content (AvgIpc) is 2.89. The molecule has 4 rings (SSSR count). The quantitative estimate of drug-likeness (QED) is 0.271. The Morgan fingerprint density at radius 3 is 1.24 bits per heavy atom. The first-order chi connectivity index (χ1) is 18.2. The molecule has 0 aromatic heterocycles. The summed E-state index contributed by atoms with van der Waals surface area (Å²) in [4.78, 5) is 48.9. The molecule has 0 saturated heterocycles. The molecule has 0 spiro atoms. The lowest BCUT2D eigenvalue weighted by atomic mass is 9.98. The number of anilines is 4. The second kappa shape index (κ2) is 10.5. The molecule has 0 atom stereocenters. The van der Waals surface area contributed by atoms with Crippen LogP contribution in [0.2, 0.25) is 0 Å². The Morgan fingerprint density at radius 2 is 0.895 bits per heavy atom. The topological polar surface area (TPSA) is 190 Å². The fourth-order valence-corrected chi connectivity index (χ4v) is 3.79. The fourth-order valence-electron chi connectivity index (χ4n) is 3.79. The van der Waals surface area contributed by atoms with Crippen molar-refractivity contribution >= 4 is 46.5 Å². The summed E-state index contributed by atoms with van der Waals surface area (Å²) in [6.07, 6.45) is 0. The van der Waals surface area contributed by atoms with Gasteiger partial charge in [0.1, 0.15) is 0 Å². The fraction of sp³-hybridized carbons (Fsp3) is 0. The third kappa shape index (κ3) is 5.29. The molecule has 2 amide bonds. The third-order valence-corrected chi connectivity index (χ3v) is 5.72. The van der Waals surface area contributed by atoms with Gasteiger partial charge in [-0.3, -0.25) is 9.59 Å². The Kier molecular flexibility index (Phi) is 7.06. The average molecular weight is 508 g/mol. The van der Waals surface area contributed by atoms with Crippen LogP contribution in [0, 0.1) is 0 Å². The number of aromatic carboxylic acids is 2. The number of carbonyl (C=O) groups is 4. The molecular formula is C28H20N4O6-2. The summed E-state index contributed by atoms with van der Waals surface area (Å²) >= 11 is 0. The van der Waals surface area contributed by atoms with Crippen LogP contribution in [0.15, 0.2) is 84.9 Å². The zero-order chi connectivity index (χ0) is 27.4. The molecule has 38 heavy (non-hydrogen) atoms. The van der Waals surface area contributed by atoms with E-state index in [9.17, 15) is 29.4 Å². The maximum atomic E-state index is 12.6. The standard InChI is InChI=1S/C28H22N4O6/c29-21-7-3-1-5-17(21)25(33)31-23-11-9-15(13-19(23)27(35)36)16-10-12-24(20(14-16)28(37)38)32-26(34)18-6-2-4-8-22(18)30/h1-14H,29-30H2,(H,31,33)(H,32,34)(H,35,36)(H,37,38)/p-2. The van der Waals surface area contributed by atoms with Crippen LogP contribution in [-0.2, 0) is 0 Å².